The smallest absolute Gasteiger partial charge is 0.408 e. The van der Waals surface area contributed by atoms with Crippen LogP contribution < -0.4 is 10.6 Å². The standard InChI is InChI=1S/C19H17Br2FN2O3/c1-12(23-19(26)27-11-13-5-3-2-4-6-13)18(25)24-16-10-15(22)8-7-14(16)9-17(20)21/h2-10,12H,11H2,1H3,(H,23,26)(H,24,25)/t12-/m0/s1. The third-order valence-corrected chi connectivity index (χ3v) is 3.94. The second-order valence-electron chi connectivity index (χ2n) is 5.58. The van der Waals surface area contributed by atoms with Crippen molar-refractivity contribution in [2.45, 2.75) is 19.6 Å². The van der Waals surface area contributed by atoms with Gasteiger partial charge >= 0.3 is 6.09 Å². The van der Waals surface area contributed by atoms with E-state index in [-0.39, 0.29) is 12.3 Å². The fourth-order valence-electron chi connectivity index (χ4n) is 2.13. The molecule has 0 radical (unpaired) electrons. The van der Waals surface area contributed by atoms with Gasteiger partial charge in [-0.1, -0.05) is 30.3 Å². The summed E-state index contributed by atoms with van der Waals surface area (Å²) in [5.41, 5.74) is 1.70. The van der Waals surface area contributed by atoms with E-state index in [4.69, 9.17) is 4.74 Å². The van der Waals surface area contributed by atoms with Gasteiger partial charge in [-0.05, 0) is 74.2 Å². The number of benzene rings is 2. The maximum Gasteiger partial charge on any atom is 0.408 e. The number of alkyl carbamates (subject to hydrolysis) is 1. The Labute approximate surface area is 173 Å². The number of rotatable bonds is 6. The van der Waals surface area contributed by atoms with E-state index in [1.54, 1.807) is 6.08 Å². The van der Waals surface area contributed by atoms with Crippen LogP contribution in [-0.2, 0) is 16.1 Å². The second-order valence-corrected chi connectivity index (χ2v) is 8.36. The lowest BCUT2D eigenvalue weighted by Gasteiger charge is -2.15. The van der Waals surface area contributed by atoms with Crippen LogP contribution >= 0.6 is 31.9 Å². The third kappa shape index (κ3) is 7.15. The van der Waals surface area contributed by atoms with E-state index >= 15 is 0 Å². The van der Waals surface area contributed by atoms with Gasteiger partial charge < -0.3 is 15.4 Å². The highest BCUT2D eigenvalue weighted by Gasteiger charge is 2.18. The number of carbonyl (C=O) groups excluding carboxylic acids is 2. The third-order valence-electron chi connectivity index (χ3n) is 3.48. The van der Waals surface area contributed by atoms with Crippen LogP contribution in [0, 0.1) is 5.82 Å². The van der Waals surface area contributed by atoms with Gasteiger partial charge in [0.05, 0.1) is 9.08 Å². The minimum Gasteiger partial charge on any atom is -0.445 e. The van der Waals surface area contributed by atoms with E-state index in [1.807, 2.05) is 30.3 Å². The number of ether oxygens (including phenoxy) is 1. The average molecular weight is 500 g/mol. The Hall–Kier alpha value is -2.19. The van der Waals surface area contributed by atoms with E-state index in [2.05, 4.69) is 42.5 Å². The Morgan fingerprint density at radius 3 is 2.56 bits per heavy atom. The van der Waals surface area contributed by atoms with Gasteiger partial charge in [-0.25, -0.2) is 9.18 Å². The number of hydrogen-bond donors (Lipinski definition) is 2. The van der Waals surface area contributed by atoms with Crippen molar-refractivity contribution in [2.24, 2.45) is 0 Å². The van der Waals surface area contributed by atoms with Crippen LogP contribution in [0.25, 0.3) is 6.08 Å². The summed E-state index contributed by atoms with van der Waals surface area (Å²) in [7, 11) is 0. The fraction of sp³-hybridized carbons (Fsp3) is 0.158. The summed E-state index contributed by atoms with van der Waals surface area (Å²) in [5.74, 6) is -0.992. The van der Waals surface area contributed by atoms with Crippen molar-refractivity contribution in [1.82, 2.24) is 5.32 Å². The molecule has 0 bridgehead atoms. The van der Waals surface area contributed by atoms with Crippen LogP contribution in [-0.4, -0.2) is 18.0 Å². The van der Waals surface area contributed by atoms with Crippen LogP contribution in [0.2, 0.25) is 0 Å². The maximum absolute atomic E-state index is 13.5. The number of halogens is 3. The van der Waals surface area contributed by atoms with E-state index in [9.17, 15) is 14.0 Å². The predicted octanol–water partition coefficient (Wildman–Crippen LogP) is 5.17. The van der Waals surface area contributed by atoms with Gasteiger partial charge in [0.2, 0.25) is 5.91 Å². The van der Waals surface area contributed by atoms with Gasteiger partial charge in [0.25, 0.3) is 0 Å². The van der Waals surface area contributed by atoms with Crippen molar-refractivity contribution in [3.05, 3.63) is 68.9 Å². The molecule has 2 N–H and O–H groups in total. The van der Waals surface area contributed by atoms with Crippen molar-refractivity contribution >= 4 is 55.6 Å². The first kappa shape index (κ1) is 21.1. The SMILES string of the molecule is C[C@H](NC(=O)OCc1ccccc1)C(=O)Nc1cc(F)ccc1C=C(Br)Br. The molecule has 2 rings (SSSR count). The second kappa shape index (κ2) is 10.2. The van der Waals surface area contributed by atoms with Gasteiger partial charge in [0.1, 0.15) is 18.5 Å². The van der Waals surface area contributed by atoms with Crippen LogP contribution in [0.5, 0.6) is 0 Å². The molecule has 0 aliphatic heterocycles. The summed E-state index contributed by atoms with van der Waals surface area (Å²) in [5, 5.41) is 5.04. The lowest BCUT2D eigenvalue weighted by molar-refractivity contribution is -0.117. The molecule has 2 aromatic carbocycles. The first-order chi connectivity index (χ1) is 12.8. The lowest BCUT2D eigenvalue weighted by Crippen LogP contribution is -2.41. The molecule has 5 nitrogen and oxygen atoms in total. The highest BCUT2D eigenvalue weighted by atomic mass is 79.9. The molecule has 0 aliphatic carbocycles. The minimum absolute atomic E-state index is 0.0964. The number of nitrogens with one attached hydrogen (secondary N) is 2. The average Bonchev–Trinajstić information content (AvgIpc) is 2.62. The molecule has 0 fully saturated rings. The highest BCUT2D eigenvalue weighted by Crippen LogP contribution is 2.24. The molecule has 0 aromatic heterocycles. The van der Waals surface area contributed by atoms with Crippen LogP contribution in [0.3, 0.4) is 0 Å². The molecule has 0 aliphatic rings. The number of anilines is 1. The van der Waals surface area contributed by atoms with E-state index in [0.29, 0.717) is 8.96 Å². The quantitative estimate of drug-likeness (QED) is 0.576. The predicted molar refractivity (Wildman–Crippen MR) is 110 cm³/mol. The summed E-state index contributed by atoms with van der Waals surface area (Å²) in [6.45, 7) is 1.60. The van der Waals surface area contributed by atoms with Crippen molar-refractivity contribution in [1.29, 1.82) is 0 Å². The molecule has 8 heteroatoms. The summed E-state index contributed by atoms with van der Waals surface area (Å²) >= 11 is 6.45. The zero-order chi connectivity index (χ0) is 19.8. The summed E-state index contributed by atoms with van der Waals surface area (Å²) in [6.07, 6.45) is 0.949. The van der Waals surface area contributed by atoms with Crippen LogP contribution in [0.4, 0.5) is 14.9 Å². The Kier molecular flexibility index (Phi) is 7.99. The van der Waals surface area contributed by atoms with E-state index in [0.717, 1.165) is 5.56 Å². The van der Waals surface area contributed by atoms with Crippen molar-refractivity contribution in [3.63, 3.8) is 0 Å². The molecular formula is C19H17Br2FN2O3. The Bertz CT molecular complexity index is 840. The van der Waals surface area contributed by atoms with Gasteiger partial charge in [-0.3, -0.25) is 4.79 Å². The zero-order valence-corrected chi connectivity index (χ0v) is 17.5. The van der Waals surface area contributed by atoms with Crippen molar-refractivity contribution in [2.75, 3.05) is 5.32 Å². The van der Waals surface area contributed by atoms with Crippen LogP contribution in [0.15, 0.2) is 51.9 Å². The van der Waals surface area contributed by atoms with Gasteiger partial charge in [-0.2, -0.15) is 0 Å². The van der Waals surface area contributed by atoms with E-state index in [1.165, 1.54) is 25.1 Å². The summed E-state index contributed by atoms with van der Waals surface area (Å²) in [4.78, 5) is 24.2. The molecule has 2 aromatic rings. The Morgan fingerprint density at radius 2 is 1.89 bits per heavy atom. The summed E-state index contributed by atoms with van der Waals surface area (Å²) in [6, 6.07) is 12.3. The highest BCUT2D eigenvalue weighted by molar-refractivity contribution is 9.28. The molecule has 1 atom stereocenters. The van der Waals surface area contributed by atoms with Gasteiger partial charge in [-0.15, -0.1) is 0 Å². The topological polar surface area (TPSA) is 67.4 Å². The fourth-order valence-corrected chi connectivity index (χ4v) is 2.62. The molecule has 142 valence electrons. The molecule has 0 saturated carbocycles. The monoisotopic (exact) mass is 498 g/mol. The minimum atomic E-state index is -0.874. The lowest BCUT2D eigenvalue weighted by atomic mass is 10.1. The molecular weight excluding hydrogens is 483 g/mol. The van der Waals surface area contributed by atoms with Gasteiger partial charge in [0.15, 0.2) is 0 Å². The number of carbonyl (C=O) groups is 2. The van der Waals surface area contributed by atoms with E-state index < -0.39 is 23.9 Å². The zero-order valence-electron chi connectivity index (χ0n) is 14.3. The number of hydrogen-bond acceptors (Lipinski definition) is 3. The maximum atomic E-state index is 13.5. The van der Waals surface area contributed by atoms with Crippen molar-refractivity contribution < 1.29 is 18.7 Å². The first-order valence-corrected chi connectivity index (χ1v) is 9.54. The van der Waals surface area contributed by atoms with Gasteiger partial charge in [0, 0.05) is 0 Å². The van der Waals surface area contributed by atoms with Crippen LogP contribution in [0.1, 0.15) is 18.1 Å². The Balaban J connectivity index is 1.94. The summed E-state index contributed by atoms with van der Waals surface area (Å²) < 4.78 is 19.2. The normalized spacial score (nSPS) is 11.3. The van der Waals surface area contributed by atoms with Crippen molar-refractivity contribution in [3.8, 4) is 0 Å². The molecule has 0 unspecified atom stereocenters. The largest absolute Gasteiger partial charge is 0.445 e. The molecule has 0 saturated heterocycles. The number of amides is 2. The molecule has 2 amide bonds. The molecule has 0 heterocycles. The Morgan fingerprint density at radius 1 is 1.19 bits per heavy atom. The molecule has 27 heavy (non-hydrogen) atoms. The first-order valence-electron chi connectivity index (χ1n) is 7.95. The molecule has 0 spiro atoms.